The fraction of sp³-hybridized carbons (Fsp3) is 0. The lowest BCUT2D eigenvalue weighted by atomic mass is 10.1. The molecule has 12 nitrogen and oxygen atoms in total. The topological polar surface area (TPSA) is 206 Å². The van der Waals surface area contributed by atoms with E-state index in [1.807, 2.05) is 0 Å². The molecule has 0 amide bonds. The van der Waals surface area contributed by atoms with E-state index in [1.54, 1.807) is 0 Å². The standard InChI is InChI=1S/C10H7NO11S3/c12-11(13)7-5-3-1-2-4-6(5)8(23(14,15)16)10(25(20,21)22)9(7)24(17,18)19/h1-4H,(H,14,15,16)(H,17,18,19)(H,20,21,22). The number of hydrogen-bond donors (Lipinski definition) is 3. The van der Waals surface area contributed by atoms with Gasteiger partial charge in [0.1, 0.15) is 9.79 Å². The number of nitro groups is 1. The van der Waals surface area contributed by atoms with Gasteiger partial charge in [-0.25, -0.2) is 0 Å². The number of benzene rings is 2. The Labute approximate surface area is 140 Å². The molecule has 0 aliphatic heterocycles. The van der Waals surface area contributed by atoms with Crippen molar-refractivity contribution in [2.45, 2.75) is 14.7 Å². The molecule has 0 bridgehead atoms. The summed E-state index contributed by atoms with van der Waals surface area (Å²) in [5, 5.41) is 9.80. The zero-order valence-corrected chi connectivity index (χ0v) is 14.0. The van der Waals surface area contributed by atoms with E-state index in [0.717, 1.165) is 24.3 Å². The fourth-order valence-corrected chi connectivity index (χ4v) is 5.81. The van der Waals surface area contributed by atoms with Crippen molar-refractivity contribution >= 4 is 46.8 Å². The van der Waals surface area contributed by atoms with Gasteiger partial charge in [-0.05, 0) is 6.07 Å². The quantitative estimate of drug-likeness (QED) is 0.357. The summed E-state index contributed by atoms with van der Waals surface area (Å²) in [4.78, 5) is 4.26. The Bertz CT molecular complexity index is 1230. The summed E-state index contributed by atoms with van der Waals surface area (Å²) in [7, 11) is -17.0. The second-order valence-electron chi connectivity index (χ2n) is 4.56. The van der Waals surface area contributed by atoms with Crippen LogP contribution in [0.1, 0.15) is 0 Å². The van der Waals surface area contributed by atoms with Gasteiger partial charge < -0.3 is 0 Å². The van der Waals surface area contributed by atoms with Crippen LogP contribution in [0.3, 0.4) is 0 Å². The Balaban J connectivity index is 3.52. The normalized spacial score (nSPS) is 13.1. The third-order valence-electron chi connectivity index (χ3n) is 3.01. The van der Waals surface area contributed by atoms with Crippen LogP contribution in [-0.2, 0) is 30.4 Å². The summed E-state index contributed by atoms with van der Waals surface area (Å²) in [6, 6.07) is 3.95. The van der Waals surface area contributed by atoms with Crippen LogP contribution in [0.25, 0.3) is 10.8 Å². The van der Waals surface area contributed by atoms with Gasteiger partial charge in [-0.1, -0.05) is 18.2 Å². The van der Waals surface area contributed by atoms with E-state index in [9.17, 15) is 49.0 Å². The van der Waals surface area contributed by atoms with E-state index >= 15 is 0 Å². The Hall–Kier alpha value is -2.17. The Morgan fingerprint density at radius 3 is 1.48 bits per heavy atom. The Morgan fingerprint density at radius 1 is 0.720 bits per heavy atom. The summed E-state index contributed by atoms with van der Waals surface area (Å²) >= 11 is 0. The van der Waals surface area contributed by atoms with Crippen LogP contribution in [0.15, 0.2) is 39.0 Å². The van der Waals surface area contributed by atoms with Crippen LogP contribution in [0.2, 0.25) is 0 Å². The van der Waals surface area contributed by atoms with Gasteiger partial charge in [0.25, 0.3) is 25.9 Å². The molecule has 0 fully saturated rings. The van der Waals surface area contributed by atoms with Gasteiger partial charge in [0, 0.05) is 5.39 Å². The lowest BCUT2D eigenvalue weighted by Crippen LogP contribution is -2.17. The van der Waals surface area contributed by atoms with Gasteiger partial charge in [-0.2, -0.15) is 25.3 Å². The summed E-state index contributed by atoms with van der Waals surface area (Å²) in [6.07, 6.45) is 0. The van der Waals surface area contributed by atoms with E-state index in [-0.39, 0.29) is 0 Å². The monoisotopic (exact) mass is 413 g/mol. The first-order valence-corrected chi connectivity index (χ1v) is 10.1. The van der Waals surface area contributed by atoms with E-state index in [4.69, 9.17) is 0 Å². The number of rotatable bonds is 4. The van der Waals surface area contributed by atoms with E-state index < -0.39 is 66.4 Å². The van der Waals surface area contributed by atoms with Crippen LogP contribution in [0.5, 0.6) is 0 Å². The maximum absolute atomic E-state index is 11.6. The SMILES string of the molecule is O=[N+]([O-])c1c(S(=O)(=O)O)c(S(=O)(=O)O)c(S(=O)(=O)O)c2ccccc12. The van der Waals surface area contributed by atoms with Crippen molar-refractivity contribution in [3.05, 3.63) is 34.4 Å². The molecule has 136 valence electrons. The minimum absolute atomic E-state index is 0.708. The molecule has 15 heteroatoms. The molecule has 0 spiro atoms. The van der Waals surface area contributed by atoms with Crippen molar-refractivity contribution in [2.75, 3.05) is 0 Å². The van der Waals surface area contributed by atoms with Gasteiger partial charge in [-0.15, -0.1) is 0 Å². The maximum Gasteiger partial charge on any atom is 0.302 e. The highest BCUT2D eigenvalue weighted by atomic mass is 32.2. The molecule has 0 saturated heterocycles. The zero-order valence-electron chi connectivity index (χ0n) is 11.6. The Morgan fingerprint density at radius 2 is 1.12 bits per heavy atom. The highest BCUT2D eigenvalue weighted by molar-refractivity contribution is 7.90. The molecule has 0 radical (unpaired) electrons. The molecule has 0 aromatic heterocycles. The largest absolute Gasteiger partial charge is 0.302 e. The molecule has 0 unspecified atom stereocenters. The van der Waals surface area contributed by atoms with Crippen LogP contribution >= 0.6 is 0 Å². The third-order valence-corrected chi connectivity index (χ3v) is 6.05. The van der Waals surface area contributed by atoms with Crippen LogP contribution in [0, 0.1) is 10.1 Å². The first-order valence-electron chi connectivity index (χ1n) is 5.83. The molecule has 0 atom stereocenters. The number of nitrogens with zero attached hydrogens (tertiary/aromatic N) is 1. The molecule has 0 aliphatic carbocycles. The predicted octanol–water partition coefficient (Wildman–Crippen LogP) is 0.488. The van der Waals surface area contributed by atoms with Gasteiger partial charge in [-0.3, -0.25) is 23.8 Å². The van der Waals surface area contributed by atoms with E-state index in [0.29, 0.717) is 0 Å². The lowest BCUT2D eigenvalue weighted by Gasteiger charge is -2.13. The highest BCUT2D eigenvalue weighted by Gasteiger charge is 2.42. The van der Waals surface area contributed by atoms with Crippen molar-refractivity contribution in [2.24, 2.45) is 0 Å². The first-order chi connectivity index (χ1) is 11.2. The minimum Gasteiger partial charge on any atom is -0.282 e. The third kappa shape index (κ3) is 3.32. The average molecular weight is 413 g/mol. The summed E-state index contributed by atoms with van der Waals surface area (Å²) in [6.45, 7) is 0. The van der Waals surface area contributed by atoms with Gasteiger partial charge in [0.05, 0.1) is 10.3 Å². The molecule has 0 aliphatic rings. The second kappa shape index (κ2) is 5.68. The summed E-state index contributed by atoms with van der Waals surface area (Å²) in [5.74, 6) is 0. The number of fused-ring (bicyclic) bond motifs is 1. The first kappa shape index (κ1) is 19.2. The molecular weight excluding hydrogens is 406 g/mol. The van der Waals surface area contributed by atoms with Crippen molar-refractivity contribution in [3.63, 3.8) is 0 Å². The predicted molar refractivity (Wildman–Crippen MR) is 80.0 cm³/mol. The molecule has 3 N–H and O–H groups in total. The molecular formula is C10H7NO11S3. The van der Waals surface area contributed by atoms with Gasteiger partial charge in [0.2, 0.25) is 0 Å². The highest BCUT2D eigenvalue weighted by Crippen LogP contribution is 2.42. The van der Waals surface area contributed by atoms with Crippen molar-refractivity contribution in [3.8, 4) is 0 Å². The number of nitro benzene ring substituents is 1. The smallest absolute Gasteiger partial charge is 0.282 e. The molecule has 0 heterocycles. The molecule has 2 rings (SSSR count). The molecule has 2 aromatic rings. The average Bonchev–Trinajstić information content (AvgIpc) is 2.41. The minimum atomic E-state index is -5.76. The summed E-state index contributed by atoms with van der Waals surface area (Å²) < 4.78 is 97.2. The molecule has 2 aromatic carbocycles. The van der Waals surface area contributed by atoms with Crippen molar-refractivity contribution in [1.29, 1.82) is 0 Å². The van der Waals surface area contributed by atoms with Crippen molar-refractivity contribution < 1.29 is 43.8 Å². The summed E-state index contributed by atoms with van der Waals surface area (Å²) in [5.41, 5.74) is -1.49. The van der Waals surface area contributed by atoms with Crippen LogP contribution < -0.4 is 0 Å². The fourth-order valence-electron chi connectivity index (χ4n) is 2.25. The maximum atomic E-state index is 11.6. The second-order valence-corrected chi connectivity index (χ2v) is 8.64. The van der Waals surface area contributed by atoms with Crippen molar-refractivity contribution in [1.82, 2.24) is 0 Å². The lowest BCUT2D eigenvalue weighted by molar-refractivity contribution is -0.386. The Kier molecular flexibility index (Phi) is 4.35. The van der Waals surface area contributed by atoms with E-state index in [1.165, 1.54) is 0 Å². The van der Waals surface area contributed by atoms with Gasteiger partial charge in [0.15, 0.2) is 4.90 Å². The van der Waals surface area contributed by atoms with Gasteiger partial charge >= 0.3 is 10.1 Å². The number of hydrogen-bond acceptors (Lipinski definition) is 8. The van der Waals surface area contributed by atoms with E-state index in [2.05, 4.69) is 0 Å². The molecule has 0 saturated carbocycles. The van der Waals surface area contributed by atoms with Crippen LogP contribution in [0.4, 0.5) is 5.69 Å². The zero-order chi connectivity index (χ0) is 19.4. The van der Waals surface area contributed by atoms with Crippen LogP contribution in [-0.4, -0.2) is 43.8 Å². The molecule has 25 heavy (non-hydrogen) atoms.